The van der Waals surface area contributed by atoms with Crippen LogP contribution in [0.3, 0.4) is 0 Å². The van der Waals surface area contributed by atoms with Crippen molar-refractivity contribution in [3.05, 3.63) is 23.9 Å². The highest BCUT2D eigenvalue weighted by atomic mass is 15.0. The topological polar surface area (TPSA) is 50.9 Å². The maximum Gasteiger partial charge on any atom is 0.126 e. The van der Waals surface area contributed by atoms with Crippen molar-refractivity contribution in [3.63, 3.8) is 0 Å². The van der Waals surface area contributed by atoms with Gasteiger partial charge in [-0.2, -0.15) is 0 Å². The number of anilines is 1. The number of aromatic nitrogens is 1. The summed E-state index contributed by atoms with van der Waals surface area (Å²) in [6, 6.07) is 4.40. The van der Waals surface area contributed by atoms with Gasteiger partial charge in [-0.25, -0.2) is 4.98 Å². The number of nitrogens with two attached hydrogens (primary N) is 1. The molecule has 0 amide bonds. The molecule has 0 aliphatic carbocycles. The molecule has 0 bridgehead atoms. The molecule has 1 heterocycles. The van der Waals surface area contributed by atoms with Crippen molar-refractivity contribution in [3.8, 4) is 0 Å². The van der Waals surface area contributed by atoms with Crippen LogP contribution < -0.4 is 11.1 Å². The second kappa shape index (κ2) is 4.96. The van der Waals surface area contributed by atoms with Crippen LogP contribution in [0.25, 0.3) is 0 Å². The predicted octanol–water partition coefficient (Wildman–Crippen LogP) is 1.79. The first-order valence-corrected chi connectivity index (χ1v) is 5.02. The number of nitrogens with one attached hydrogen (secondary N) is 1. The average Bonchev–Trinajstić information content (AvgIpc) is 2.20. The van der Waals surface area contributed by atoms with Gasteiger partial charge in [0.05, 0.1) is 0 Å². The Labute approximate surface area is 85.7 Å². The molecule has 14 heavy (non-hydrogen) atoms. The number of hydrogen-bond acceptors (Lipinski definition) is 3. The van der Waals surface area contributed by atoms with Crippen LogP contribution in [0.2, 0.25) is 0 Å². The molecule has 1 aromatic heterocycles. The van der Waals surface area contributed by atoms with E-state index in [1.807, 2.05) is 19.2 Å². The molecular formula is C11H19N3. The fraction of sp³-hybridized carbons (Fsp3) is 0.545. The van der Waals surface area contributed by atoms with Gasteiger partial charge in [-0.15, -0.1) is 0 Å². The fourth-order valence-electron chi connectivity index (χ4n) is 1.13. The van der Waals surface area contributed by atoms with E-state index in [-0.39, 0.29) is 0 Å². The summed E-state index contributed by atoms with van der Waals surface area (Å²) in [6.07, 6.45) is 1.86. The third-order valence-electron chi connectivity index (χ3n) is 2.51. The molecule has 2 atom stereocenters. The quantitative estimate of drug-likeness (QED) is 0.766. The second-order valence-electron chi connectivity index (χ2n) is 3.87. The number of rotatable bonds is 4. The maximum absolute atomic E-state index is 5.59. The van der Waals surface area contributed by atoms with E-state index in [2.05, 4.69) is 30.2 Å². The highest BCUT2D eigenvalue weighted by Crippen LogP contribution is 2.09. The Hall–Kier alpha value is -1.09. The molecule has 0 aliphatic rings. The summed E-state index contributed by atoms with van der Waals surface area (Å²) in [5, 5.41) is 3.33. The minimum Gasteiger partial charge on any atom is -0.367 e. The van der Waals surface area contributed by atoms with E-state index in [1.165, 1.54) is 5.56 Å². The zero-order chi connectivity index (χ0) is 10.6. The van der Waals surface area contributed by atoms with Gasteiger partial charge < -0.3 is 11.1 Å². The third-order valence-corrected chi connectivity index (χ3v) is 2.51. The van der Waals surface area contributed by atoms with Crippen molar-refractivity contribution < 1.29 is 0 Å². The molecule has 78 valence electrons. The number of hydrogen-bond donors (Lipinski definition) is 2. The molecule has 3 N–H and O–H groups in total. The number of aryl methyl sites for hydroxylation is 1. The Kier molecular flexibility index (Phi) is 3.89. The van der Waals surface area contributed by atoms with Crippen molar-refractivity contribution >= 4 is 5.82 Å². The Balaban J connectivity index is 2.56. The standard InChI is InChI=1S/C11H19N3/c1-8-4-5-11(13-7-8)14-10(3)9(2)6-12/h4-5,7,9-10H,6,12H2,1-3H3,(H,13,14). The highest BCUT2D eigenvalue weighted by molar-refractivity contribution is 5.36. The van der Waals surface area contributed by atoms with Gasteiger partial charge in [0.15, 0.2) is 0 Å². The molecule has 3 heteroatoms. The van der Waals surface area contributed by atoms with E-state index in [9.17, 15) is 0 Å². The van der Waals surface area contributed by atoms with Crippen molar-refractivity contribution in [2.45, 2.75) is 26.8 Å². The lowest BCUT2D eigenvalue weighted by Crippen LogP contribution is -2.29. The van der Waals surface area contributed by atoms with Gasteiger partial charge in [0.2, 0.25) is 0 Å². The predicted molar refractivity (Wildman–Crippen MR) is 60.3 cm³/mol. The van der Waals surface area contributed by atoms with Crippen LogP contribution in [-0.2, 0) is 0 Å². The smallest absolute Gasteiger partial charge is 0.126 e. The Morgan fingerprint density at radius 2 is 2.14 bits per heavy atom. The fourth-order valence-corrected chi connectivity index (χ4v) is 1.13. The van der Waals surface area contributed by atoms with Gasteiger partial charge in [-0.05, 0) is 37.9 Å². The summed E-state index contributed by atoms with van der Waals surface area (Å²) in [6.45, 7) is 6.98. The molecule has 0 spiro atoms. The van der Waals surface area contributed by atoms with E-state index in [4.69, 9.17) is 5.73 Å². The summed E-state index contributed by atoms with van der Waals surface area (Å²) < 4.78 is 0. The van der Waals surface area contributed by atoms with Crippen LogP contribution in [0, 0.1) is 12.8 Å². The monoisotopic (exact) mass is 193 g/mol. The van der Waals surface area contributed by atoms with Crippen LogP contribution in [0.15, 0.2) is 18.3 Å². The molecule has 1 aromatic rings. The molecule has 0 radical (unpaired) electrons. The van der Waals surface area contributed by atoms with Crippen LogP contribution in [0.1, 0.15) is 19.4 Å². The first-order valence-electron chi connectivity index (χ1n) is 5.02. The Morgan fingerprint density at radius 3 is 2.64 bits per heavy atom. The Bertz CT molecular complexity index is 268. The summed E-state index contributed by atoms with van der Waals surface area (Å²) >= 11 is 0. The SMILES string of the molecule is Cc1ccc(NC(C)C(C)CN)nc1. The first-order chi connectivity index (χ1) is 6.63. The molecule has 2 unspecified atom stereocenters. The molecule has 0 saturated carbocycles. The zero-order valence-corrected chi connectivity index (χ0v) is 9.12. The van der Waals surface area contributed by atoms with Crippen LogP contribution in [-0.4, -0.2) is 17.6 Å². The summed E-state index contributed by atoms with van der Waals surface area (Å²) in [7, 11) is 0. The summed E-state index contributed by atoms with van der Waals surface area (Å²) in [4.78, 5) is 4.28. The summed E-state index contributed by atoms with van der Waals surface area (Å²) in [5.74, 6) is 1.38. The van der Waals surface area contributed by atoms with Gasteiger partial charge in [0.25, 0.3) is 0 Å². The average molecular weight is 193 g/mol. The molecule has 0 aromatic carbocycles. The molecule has 0 aliphatic heterocycles. The van der Waals surface area contributed by atoms with Gasteiger partial charge >= 0.3 is 0 Å². The molecule has 0 fully saturated rings. The lowest BCUT2D eigenvalue weighted by atomic mass is 10.0. The van der Waals surface area contributed by atoms with Gasteiger partial charge in [0.1, 0.15) is 5.82 Å². The maximum atomic E-state index is 5.59. The highest BCUT2D eigenvalue weighted by Gasteiger charge is 2.09. The van der Waals surface area contributed by atoms with Crippen molar-refractivity contribution in [1.82, 2.24) is 4.98 Å². The third kappa shape index (κ3) is 3.00. The summed E-state index contributed by atoms with van der Waals surface area (Å²) in [5.41, 5.74) is 6.77. The number of pyridine rings is 1. The van der Waals surface area contributed by atoms with Crippen molar-refractivity contribution in [2.24, 2.45) is 11.7 Å². The lowest BCUT2D eigenvalue weighted by molar-refractivity contribution is 0.520. The minimum atomic E-state index is 0.357. The second-order valence-corrected chi connectivity index (χ2v) is 3.87. The van der Waals surface area contributed by atoms with Crippen LogP contribution in [0.5, 0.6) is 0 Å². The molecule has 3 nitrogen and oxygen atoms in total. The van der Waals surface area contributed by atoms with Crippen molar-refractivity contribution in [1.29, 1.82) is 0 Å². The van der Waals surface area contributed by atoms with E-state index in [1.54, 1.807) is 0 Å². The first kappa shape index (κ1) is 11.0. The van der Waals surface area contributed by atoms with E-state index in [0.29, 0.717) is 18.5 Å². The normalized spacial score (nSPS) is 14.9. The van der Waals surface area contributed by atoms with Crippen molar-refractivity contribution in [2.75, 3.05) is 11.9 Å². The van der Waals surface area contributed by atoms with Gasteiger partial charge in [-0.3, -0.25) is 0 Å². The largest absolute Gasteiger partial charge is 0.367 e. The van der Waals surface area contributed by atoms with Crippen LogP contribution >= 0.6 is 0 Å². The van der Waals surface area contributed by atoms with E-state index < -0.39 is 0 Å². The number of nitrogens with zero attached hydrogens (tertiary/aromatic N) is 1. The van der Waals surface area contributed by atoms with Gasteiger partial charge in [0, 0.05) is 12.2 Å². The van der Waals surface area contributed by atoms with Crippen LogP contribution in [0.4, 0.5) is 5.82 Å². The minimum absolute atomic E-state index is 0.357. The molecular weight excluding hydrogens is 174 g/mol. The van der Waals surface area contributed by atoms with E-state index >= 15 is 0 Å². The molecule has 0 saturated heterocycles. The molecule has 1 rings (SSSR count). The van der Waals surface area contributed by atoms with E-state index in [0.717, 1.165) is 5.82 Å². The van der Waals surface area contributed by atoms with Gasteiger partial charge in [-0.1, -0.05) is 13.0 Å². The zero-order valence-electron chi connectivity index (χ0n) is 9.12. The Morgan fingerprint density at radius 1 is 1.43 bits per heavy atom. The lowest BCUT2D eigenvalue weighted by Gasteiger charge is -2.20.